The molecule has 0 fully saturated rings. The minimum Gasteiger partial charge on any atom is -0.302 e. The maximum absolute atomic E-state index is 5.26. The Labute approximate surface area is 187 Å². The second-order valence-corrected chi connectivity index (χ2v) is 8.70. The molecule has 0 aromatic heterocycles. The van der Waals surface area contributed by atoms with Crippen molar-refractivity contribution in [2.24, 2.45) is 5.10 Å². The Bertz CT molecular complexity index is 817. The van der Waals surface area contributed by atoms with E-state index in [1.54, 1.807) is 5.37 Å². The van der Waals surface area contributed by atoms with Crippen LogP contribution in [0.2, 0.25) is 0 Å². The number of fused-ring (bicyclic) bond motifs is 1. The monoisotopic (exact) mass is 423 g/mol. The van der Waals surface area contributed by atoms with Crippen molar-refractivity contribution in [1.29, 1.82) is 0 Å². The van der Waals surface area contributed by atoms with Crippen LogP contribution in [0.25, 0.3) is 10.8 Å². The average Bonchev–Trinajstić information content (AvgIpc) is 3.20. The fraction of sp³-hybridized carbons (Fsp3) is 0.538. The zero-order valence-electron chi connectivity index (χ0n) is 18.5. The Morgan fingerprint density at radius 1 is 0.867 bits per heavy atom. The van der Waals surface area contributed by atoms with Crippen LogP contribution in [-0.2, 0) is 0 Å². The van der Waals surface area contributed by atoms with Crippen LogP contribution in [0.3, 0.4) is 0 Å². The second kappa shape index (κ2) is 12.7. The van der Waals surface area contributed by atoms with E-state index in [0.717, 1.165) is 17.9 Å². The zero-order chi connectivity index (χ0) is 21.0. The van der Waals surface area contributed by atoms with E-state index in [-0.39, 0.29) is 6.17 Å². The number of amidine groups is 1. The molecule has 4 heteroatoms. The molecule has 1 heterocycles. The number of nitrogens with one attached hydrogen (secondary N) is 1. The number of rotatable bonds is 14. The highest BCUT2D eigenvalue weighted by molar-refractivity contribution is 7.79. The largest absolute Gasteiger partial charge is 0.302 e. The zero-order valence-corrected chi connectivity index (χ0v) is 19.3. The van der Waals surface area contributed by atoms with Gasteiger partial charge in [-0.1, -0.05) is 114 Å². The highest BCUT2D eigenvalue weighted by atomic mass is 32.1. The highest BCUT2D eigenvalue weighted by Crippen LogP contribution is 2.26. The van der Waals surface area contributed by atoms with E-state index in [1.165, 1.54) is 81.4 Å². The van der Waals surface area contributed by atoms with Gasteiger partial charge < -0.3 is 4.90 Å². The van der Waals surface area contributed by atoms with Crippen LogP contribution in [0, 0.1) is 0 Å². The standard InChI is InChI=1S/C26H37N3S/c1-2-3-4-5-6-7-8-9-10-11-12-17-25-27-28-26(21-30)29(25)24-19-18-22-15-13-14-16-23(22)20-24/h13-16,18-21,26,28H,2-12,17H2,1H3. The number of nitrogens with zero attached hydrogens (tertiary/aromatic N) is 2. The fourth-order valence-corrected chi connectivity index (χ4v) is 4.45. The maximum Gasteiger partial charge on any atom is 0.150 e. The number of benzene rings is 2. The van der Waals surface area contributed by atoms with Crippen LogP contribution in [0.4, 0.5) is 5.69 Å². The molecule has 1 unspecified atom stereocenters. The van der Waals surface area contributed by atoms with Crippen molar-refractivity contribution in [3.05, 3.63) is 42.5 Å². The lowest BCUT2D eigenvalue weighted by molar-refractivity contribution is 0.551. The molecule has 0 amide bonds. The first-order valence-electron chi connectivity index (χ1n) is 11.9. The first kappa shape index (κ1) is 22.7. The molecule has 30 heavy (non-hydrogen) atoms. The number of hydrogen-bond acceptors (Lipinski definition) is 4. The van der Waals surface area contributed by atoms with Gasteiger partial charge >= 0.3 is 0 Å². The maximum atomic E-state index is 5.26. The van der Waals surface area contributed by atoms with E-state index in [9.17, 15) is 0 Å². The van der Waals surface area contributed by atoms with Gasteiger partial charge in [-0.15, -0.1) is 0 Å². The Balaban J connectivity index is 1.42. The predicted octanol–water partition coefficient (Wildman–Crippen LogP) is 7.59. The van der Waals surface area contributed by atoms with Crippen LogP contribution in [-0.4, -0.2) is 17.4 Å². The van der Waals surface area contributed by atoms with Crippen LogP contribution in [0.5, 0.6) is 0 Å². The molecule has 0 saturated carbocycles. The van der Waals surface area contributed by atoms with E-state index < -0.39 is 0 Å². The Morgan fingerprint density at radius 2 is 1.50 bits per heavy atom. The Morgan fingerprint density at radius 3 is 2.17 bits per heavy atom. The summed E-state index contributed by atoms with van der Waals surface area (Å²) in [6.07, 6.45) is 15.9. The molecule has 0 spiro atoms. The van der Waals surface area contributed by atoms with Crippen molar-refractivity contribution in [2.75, 3.05) is 4.90 Å². The Hall–Kier alpha value is -1.94. The smallest absolute Gasteiger partial charge is 0.150 e. The molecule has 1 aliphatic rings. The van der Waals surface area contributed by atoms with E-state index in [0.29, 0.717) is 0 Å². The molecule has 3 rings (SSSR count). The van der Waals surface area contributed by atoms with E-state index in [4.69, 9.17) is 12.2 Å². The average molecular weight is 424 g/mol. The molecule has 162 valence electrons. The van der Waals surface area contributed by atoms with Gasteiger partial charge in [-0.05, 0) is 29.3 Å². The fourth-order valence-electron chi connectivity index (χ4n) is 4.26. The molecule has 2 aromatic rings. The van der Waals surface area contributed by atoms with Crippen LogP contribution < -0.4 is 10.3 Å². The molecule has 1 atom stereocenters. The van der Waals surface area contributed by atoms with Crippen molar-refractivity contribution in [2.45, 2.75) is 90.1 Å². The summed E-state index contributed by atoms with van der Waals surface area (Å²) < 4.78 is 0. The third-order valence-corrected chi connectivity index (χ3v) is 6.28. The second-order valence-electron chi connectivity index (χ2n) is 8.43. The summed E-state index contributed by atoms with van der Waals surface area (Å²) >= 11 is 5.26. The van der Waals surface area contributed by atoms with Gasteiger partial charge in [-0.25, -0.2) is 0 Å². The minimum atomic E-state index is -0.0381. The summed E-state index contributed by atoms with van der Waals surface area (Å²) in [6.45, 7) is 2.28. The lowest BCUT2D eigenvalue weighted by atomic mass is 10.0. The minimum absolute atomic E-state index is 0.0381. The first-order valence-corrected chi connectivity index (χ1v) is 12.4. The summed E-state index contributed by atoms with van der Waals surface area (Å²) in [5.41, 5.74) is 4.36. The Kier molecular flexibility index (Phi) is 9.62. The molecule has 0 saturated heterocycles. The molecule has 1 N–H and O–H groups in total. The summed E-state index contributed by atoms with van der Waals surface area (Å²) in [4.78, 5) is 2.26. The molecule has 3 nitrogen and oxygen atoms in total. The number of unbranched alkanes of at least 4 members (excludes halogenated alkanes) is 10. The third kappa shape index (κ3) is 6.53. The van der Waals surface area contributed by atoms with Gasteiger partial charge in [0.15, 0.2) is 0 Å². The van der Waals surface area contributed by atoms with Crippen LogP contribution >= 0.6 is 12.2 Å². The SMILES string of the molecule is CCCCCCCCCCCCCC1=NNC(C=S)N1c1ccc2ccccc2c1. The van der Waals surface area contributed by atoms with Gasteiger partial charge in [0, 0.05) is 17.5 Å². The number of thiocarbonyl (C=S) groups is 1. The van der Waals surface area contributed by atoms with Crippen LogP contribution in [0.1, 0.15) is 84.0 Å². The third-order valence-electron chi connectivity index (χ3n) is 6.03. The summed E-state index contributed by atoms with van der Waals surface area (Å²) in [7, 11) is 0. The molecule has 0 bridgehead atoms. The van der Waals surface area contributed by atoms with Gasteiger partial charge in [0.1, 0.15) is 12.0 Å². The number of hydrogen-bond donors (Lipinski definition) is 1. The quantitative estimate of drug-likeness (QED) is 0.250. The molecule has 0 radical (unpaired) electrons. The highest BCUT2D eigenvalue weighted by Gasteiger charge is 2.26. The molecule has 0 aliphatic carbocycles. The number of anilines is 1. The van der Waals surface area contributed by atoms with Crippen molar-refractivity contribution in [3.8, 4) is 0 Å². The van der Waals surface area contributed by atoms with Crippen molar-refractivity contribution in [3.63, 3.8) is 0 Å². The van der Waals surface area contributed by atoms with Gasteiger partial charge in [0.05, 0.1) is 0 Å². The summed E-state index contributed by atoms with van der Waals surface area (Å²) in [5, 5.41) is 8.88. The molecule has 1 aliphatic heterocycles. The van der Waals surface area contributed by atoms with E-state index in [2.05, 4.69) is 64.8 Å². The lowest BCUT2D eigenvalue weighted by Crippen LogP contribution is -2.41. The number of hydrazone groups is 1. The van der Waals surface area contributed by atoms with Crippen molar-refractivity contribution >= 4 is 39.9 Å². The molecular weight excluding hydrogens is 386 g/mol. The summed E-state index contributed by atoms with van der Waals surface area (Å²) in [6, 6.07) is 15.1. The van der Waals surface area contributed by atoms with Gasteiger partial charge in [-0.3, -0.25) is 5.43 Å². The van der Waals surface area contributed by atoms with Gasteiger partial charge in [0.2, 0.25) is 0 Å². The van der Waals surface area contributed by atoms with E-state index in [1.807, 2.05) is 0 Å². The topological polar surface area (TPSA) is 27.6 Å². The molecular formula is C26H37N3S. The molecule has 2 aromatic carbocycles. The van der Waals surface area contributed by atoms with Crippen molar-refractivity contribution in [1.82, 2.24) is 5.43 Å². The normalized spacial score (nSPS) is 16.0. The van der Waals surface area contributed by atoms with E-state index >= 15 is 0 Å². The van der Waals surface area contributed by atoms with Crippen molar-refractivity contribution < 1.29 is 0 Å². The van der Waals surface area contributed by atoms with Crippen LogP contribution in [0.15, 0.2) is 47.6 Å². The first-order chi connectivity index (χ1) is 14.8. The summed E-state index contributed by atoms with van der Waals surface area (Å²) in [5.74, 6) is 1.10. The predicted molar refractivity (Wildman–Crippen MR) is 136 cm³/mol. The van der Waals surface area contributed by atoms with Gasteiger partial charge in [0.25, 0.3) is 0 Å². The van der Waals surface area contributed by atoms with Gasteiger partial charge in [-0.2, -0.15) is 5.10 Å². The lowest BCUT2D eigenvalue weighted by Gasteiger charge is -2.25.